The molecule has 0 aliphatic heterocycles. The second-order valence-corrected chi connectivity index (χ2v) is 2.77. The van der Waals surface area contributed by atoms with Gasteiger partial charge in [-0.05, 0) is 6.92 Å². The summed E-state index contributed by atoms with van der Waals surface area (Å²) in [5.41, 5.74) is 0. The average molecular weight is 157 g/mol. The van der Waals surface area contributed by atoms with Gasteiger partial charge < -0.3 is 4.90 Å². The van der Waals surface area contributed by atoms with Crippen molar-refractivity contribution in [1.82, 2.24) is 4.90 Å². The lowest BCUT2D eigenvalue weighted by Gasteiger charge is -2.14. The van der Waals surface area contributed by atoms with Crippen LogP contribution >= 0.6 is 0 Å². The van der Waals surface area contributed by atoms with Gasteiger partial charge in [-0.1, -0.05) is 6.92 Å². The second-order valence-electron chi connectivity index (χ2n) is 2.77. The molecule has 1 unspecified atom stereocenters. The first-order chi connectivity index (χ1) is 5.00. The van der Waals surface area contributed by atoms with Crippen LogP contribution in [0.5, 0.6) is 0 Å². The highest BCUT2D eigenvalue weighted by Gasteiger charge is 2.20. The summed E-state index contributed by atoms with van der Waals surface area (Å²) in [6.45, 7) is 3.41. The normalized spacial score (nSPS) is 12.4. The fourth-order valence-corrected chi connectivity index (χ4v) is 0.831. The van der Waals surface area contributed by atoms with Crippen LogP contribution in [0.15, 0.2) is 0 Å². The Labute approximate surface area is 67.4 Å². The van der Waals surface area contributed by atoms with Gasteiger partial charge in [0.2, 0.25) is 5.91 Å². The molecule has 0 heterocycles. The maximum Gasteiger partial charge on any atom is 0.232 e. The number of nitrogens with zero attached hydrogens (tertiary/aromatic N) is 1. The minimum absolute atomic E-state index is 0.00343. The van der Waals surface area contributed by atoms with Crippen LogP contribution in [0.1, 0.15) is 20.3 Å². The van der Waals surface area contributed by atoms with Crippen molar-refractivity contribution in [3.63, 3.8) is 0 Å². The van der Waals surface area contributed by atoms with Crippen LogP contribution < -0.4 is 0 Å². The van der Waals surface area contributed by atoms with Crippen molar-refractivity contribution in [2.75, 3.05) is 14.1 Å². The fraction of sp³-hybridized carbons (Fsp3) is 0.750. The van der Waals surface area contributed by atoms with Crippen molar-refractivity contribution in [3.8, 4) is 0 Å². The van der Waals surface area contributed by atoms with Crippen LogP contribution in [0.3, 0.4) is 0 Å². The summed E-state index contributed by atoms with van der Waals surface area (Å²) < 4.78 is 0. The summed E-state index contributed by atoms with van der Waals surface area (Å²) in [6.07, 6.45) is 0.431. The van der Waals surface area contributed by atoms with Crippen molar-refractivity contribution < 1.29 is 9.59 Å². The molecule has 0 aliphatic rings. The Balaban J connectivity index is 4.13. The third-order valence-corrected chi connectivity index (χ3v) is 1.64. The molecular formula is C8H15NO2. The molecule has 0 radical (unpaired) electrons. The number of carbonyl (C=O) groups is 2. The zero-order valence-corrected chi connectivity index (χ0v) is 7.55. The Morgan fingerprint density at radius 3 is 2.09 bits per heavy atom. The van der Waals surface area contributed by atoms with E-state index in [9.17, 15) is 9.59 Å². The zero-order valence-electron chi connectivity index (χ0n) is 7.55. The van der Waals surface area contributed by atoms with Gasteiger partial charge in [0, 0.05) is 20.5 Å². The first-order valence-corrected chi connectivity index (χ1v) is 3.74. The first-order valence-electron chi connectivity index (χ1n) is 3.74. The van der Waals surface area contributed by atoms with Crippen molar-refractivity contribution in [2.24, 2.45) is 5.92 Å². The minimum Gasteiger partial charge on any atom is -0.348 e. The Morgan fingerprint density at radius 1 is 1.36 bits per heavy atom. The molecule has 1 amide bonds. The van der Waals surface area contributed by atoms with E-state index in [0.717, 1.165) is 0 Å². The maximum atomic E-state index is 11.1. The monoisotopic (exact) mass is 157 g/mol. The molecular weight excluding hydrogens is 142 g/mol. The van der Waals surface area contributed by atoms with Crippen LogP contribution in [0.25, 0.3) is 0 Å². The maximum absolute atomic E-state index is 11.1. The summed E-state index contributed by atoms with van der Waals surface area (Å²) in [7, 11) is 3.31. The van der Waals surface area contributed by atoms with E-state index in [0.29, 0.717) is 6.42 Å². The van der Waals surface area contributed by atoms with E-state index in [1.54, 1.807) is 27.9 Å². The van der Waals surface area contributed by atoms with Crippen molar-refractivity contribution >= 4 is 11.7 Å². The summed E-state index contributed by atoms with van der Waals surface area (Å²) in [6, 6.07) is 0. The van der Waals surface area contributed by atoms with Crippen molar-refractivity contribution in [1.29, 1.82) is 0 Å². The van der Waals surface area contributed by atoms with E-state index in [1.807, 2.05) is 0 Å². The molecule has 0 aromatic heterocycles. The van der Waals surface area contributed by atoms with E-state index in [-0.39, 0.29) is 11.7 Å². The topological polar surface area (TPSA) is 37.4 Å². The number of amides is 1. The largest absolute Gasteiger partial charge is 0.348 e. The van der Waals surface area contributed by atoms with Crippen LogP contribution in [0, 0.1) is 5.92 Å². The average Bonchev–Trinajstić information content (AvgIpc) is 2.00. The highest BCUT2D eigenvalue weighted by Crippen LogP contribution is 2.02. The lowest BCUT2D eigenvalue weighted by atomic mass is 10.0. The quantitative estimate of drug-likeness (QED) is 0.565. The predicted molar refractivity (Wildman–Crippen MR) is 43.2 cm³/mol. The van der Waals surface area contributed by atoms with Crippen LogP contribution in [-0.4, -0.2) is 30.7 Å². The van der Waals surface area contributed by atoms with Gasteiger partial charge in [-0.3, -0.25) is 9.59 Å². The Hall–Kier alpha value is -0.860. The molecule has 0 fully saturated rings. The van der Waals surface area contributed by atoms with Gasteiger partial charge in [-0.2, -0.15) is 0 Å². The molecule has 3 nitrogen and oxygen atoms in total. The SMILES string of the molecule is CCC(=O)C(C)C(=O)N(C)C. The van der Waals surface area contributed by atoms with Gasteiger partial charge in [0.05, 0.1) is 5.92 Å². The minimum atomic E-state index is -0.477. The summed E-state index contributed by atoms with van der Waals surface area (Å²) in [5, 5.41) is 0. The Kier molecular flexibility index (Phi) is 3.79. The van der Waals surface area contributed by atoms with Gasteiger partial charge >= 0.3 is 0 Å². The van der Waals surface area contributed by atoms with Gasteiger partial charge in [0.25, 0.3) is 0 Å². The fourth-order valence-electron chi connectivity index (χ4n) is 0.831. The molecule has 3 heteroatoms. The molecule has 0 saturated heterocycles. The summed E-state index contributed by atoms with van der Waals surface area (Å²) in [5.74, 6) is -0.587. The second kappa shape index (κ2) is 4.11. The number of Topliss-reactive ketones (excluding diaryl/α,β-unsaturated/α-hetero) is 1. The smallest absolute Gasteiger partial charge is 0.232 e. The lowest BCUT2D eigenvalue weighted by Crippen LogP contribution is -2.32. The molecule has 0 saturated carbocycles. The molecule has 0 aromatic rings. The highest BCUT2D eigenvalue weighted by atomic mass is 16.2. The van der Waals surface area contributed by atoms with Crippen molar-refractivity contribution in [2.45, 2.75) is 20.3 Å². The standard InChI is InChI=1S/C8H15NO2/c1-5-7(10)6(2)8(11)9(3)4/h6H,5H2,1-4H3. The first kappa shape index (κ1) is 10.1. The number of rotatable bonds is 3. The number of carbonyl (C=O) groups excluding carboxylic acids is 2. The molecule has 0 aromatic carbocycles. The van der Waals surface area contributed by atoms with E-state index >= 15 is 0 Å². The lowest BCUT2D eigenvalue weighted by molar-refractivity contribution is -0.138. The van der Waals surface area contributed by atoms with Gasteiger partial charge in [0.15, 0.2) is 0 Å². The van der Waals surface area contributed by atoms with Gasteiger partial charge in [0.1, 0.15) is 5.78 Å². The van der Waals surface area contributed by atoms with E-state index in [1.165, 1.54) is 4.90 Å². The summed E-state index contributed by atoms with van der Waals surface area (Å²) >= 11 is 0. The number of hydrogen-bond donors (Lipinski definition) is 0. The summed E-state index contributed by atoms with van der Waals surface area (Å²) in [4.78, 5) is 23.6. The van der Waals surface area contributed by atoms with Crippen LogP contribution in [0.4, 0.5) is 0 Å². The molecule has 11 heavy (non-hydrogen) atoms. The Morgan fingerprint density at radius 2 is 1.82 bits per heavy atom. The number of hydrogen-bond acceptors (Lipinski definition) is 2. The van der Waals surface area contributed by atoms with Crippen LogP contribution in [0.2, 0.25) is 0 Å². The predicted octanol–water partition coefficient (Wildman–Crippen LogP) is 0.690. The molecule has 0 bridgehead atoms. The highest BCUT2D eigenvalue weighted by molar-refractivity contribution is 6.00. The molecule has 64 valence electrons. The third-order valence-electron chi connectivity index (χ3n) is 1.64. The molecule has 0 N–H and O–H groups in total. The zero-order chi connectivity index (χ0) is 9.02. The van der Waals surface area contributed by atoms with Gasteiger partial charge in [-0.15, -0.1) is 0 Å². The Bertz CT molecular complexity index is 163. The molecule has 0 aliphatic carbocycles. The number of ketones is 1. The third kappa shape index (κ3) is 2.70. The van der Waals surface area contributed by atoms with E-state index in [4.69, 9.17) is 0 Å². The van der Waals surface area contributed by atoms with Crippen molar-refractivity contribution in [3.05, 3.63) is 0 Å². The van der Waals surface area contributed by atoms with E-state index in [2.05, 4.69) is 0 Å². The van der Waals surface area contributed by atoms with E-state index < -0.39 is 5.92 Å². The van der Waals surface area contributed by atoms with Crippen LogP contribution in [-0.2, 0) is 9.59 Å². The molecule has 0 spiro atoms. The van der Waals surface area contributed by atoms with Gasteiger partial charge in [-0.25, -0.2) is 0 Å². The molecule has 1 atom stereocenters. The molecule has 0 rings (SSSR count).